The number of nitrogens with zero attached hydrogens (tertiary/aromatic N) is 3. The fraction of sp³-hybridized carbons (Fsp3) is 0.545. The number of methoxy groups -OCH3 is 1. The topological polar surface area (TPSA) is 59.5 Å². The lowest BCUT2D eigenvalue weighted by Gasteiger charge is -2.34. The lowest BCUT2D eigenvalue weighted by atomic mass is 9.80. The van der Waals surface area contributed by atoms with Gasteiger partial charge >= 0.3 is 0 Å². The molecule has 0 radical (unpaired) electrons. The number of hydrogen-bond acceptors (Lipinski definition) is 7. The summed E-state index contributed by atoms with van der Waals surface area (Å²) in [5.41, 5.74) is 4.54. The predicted octanol–water partition coefficient (Wildman–Crippen LogP) is 3.92. The summed E-state index contributed by atoms with van der Waals surface area (Å²) in [6, 6.07) is 6.46. The highest BCUT2D eigenvalue weighted by atomic mass is 32.2. The zero-order chi connectivity index (χ0) is 20.2. The number of pyridine rings is 2. The van der Waals surface area contributed by atoms with Crippen LogP contribution in [-0.4, -0.2) is 54.8 Å². The van der Waals surface area contributed by atoms with Crippen LogP contribution in [0.1, 0.15) is 42.6 Å². The van der Waals surface area contributed by atoms with Crippen molar-refractivity contribution in [1.82, 2.24) is 14.9 Å². The molecule has 156 valence electrons. The highest BCUT2D eigenvalue weighted by Crippen LogP contribution is 2.38. The predicted molar refractivity (Wildman–Crippen MR) is 117 cm³/mol. The fourth-order valence-corrected chi connectivity index (χ4v) is 4.56. The molecule has 1 saturated carbocycles. The molecule has 2 aromatic rings. The first-order valence-electron chi connectivity index (χ1n) is 10.4. The largest absolute Gasteiger partial charge is 0.479 e. The Labute approximate surface area is 177 Å². The Bertz CT molecular complexity index is 824. The average Bonchev–Trinajstić information content (AvgIpc) is 2.90. The number of fused-ring (bicyclic) bond motifs is 1. The highest BCUT2D eigenvalue weighted by Gasteiger charge is 2.31. The van der Waals surface area contributed by atoms with E-state index in [1.165, 1.54) is 11.3 Å². The van der Waals surface area contributed by atoms with Crippen molar-refractivity contribution in [2.24, 2.45) is 0 Å². The third kappa shape index (κ3) is 4.85. The molecule has 0 atom stereocenters. The number of ether oxygens (including phenoxy) is 2. The minimum Gasteiger partial charge on any atom is -0.479 e. The van der Waals surface area contributed by atoms with Crippen molar-refractivity contribution in [3.63, 3.8) is 0 Å². The van der Waals surface area contributed by atoms with Gasteiger partial charge in [-0.05, 0) is 68.9 Å². The van der Waals surface area contributed by atoms with E-state index in [0.29, 0.717) is 17.9 Å². The van der Waals surface area contributed by atoms with Crippen LogP contribution in [0.15, 0.2) is 29.3 Å². The molecule has 3 heterocycles. The number of likely N-dealkylation sites (N-methyl/N-ethyl adjacent to an activating group) is 1. The van der Waals surface area contributed by atoms with Gasteiger partial charge in [-0.15, -0.1) is 0 Å². The van der Waals surface area contributed by atoms with Crippen LogP contribution in [0.3, 0.4) is 0 Å². The van der Waals surface area contributed by atoms with E-state index in [2.05, 4.69) is 46.8 Å². The summed E-state index contributed by atoms with van der Waals surface area (Å²) >= 11 is 1.55. The molecule has 0 spiro atoms. The standard InChI is InChI=1S/C22H30N4O2S/c1-4-28-17-11-16(12-17)19-6-5-18(14-23-19)29-25-21-13-15-7-9-26(2)10-8-20(15)24-22(21)27-3/h5-6,13-14,16-17,25H,4,7-12H2,1-3H3. The Morgan fingerprint density at radius 1 is 1.24 bits per heavy atom. The lowest BCUT2D eigenvalue weighted by Crippen LogP contribution is -2.30. The van der Waals surface area contributed by atoms with Crippen molar-refractivity contribution in [2.45, 2.75) is 49.5 Å². The zero-order valence-corrected chi connectivity index (χ0v) is 18.3. The SMILES string of the molecule is CCOC1CC(c2ccc(SNc3cc4c(nc3OC)CCN(C)CC4)cn2)C1. The normalized spacial score (nSPS) is 21.8. The van der Waals surface area contributed by atoms with Gasteiger partial charge in [-0.3, -0.25) is 4.98 Å². The van der Waals surface area contributed by atoms with Crippen molar-refractivity contribution in [3.8, 4) is 5.88 Å². The zero-order valence-electron chi connectivity index (χ0n) is 17.5. The highest BCUT2D eigenvalue weighted by molar-refractivity contribution is 8.00. The first kappa shape index (κ1) is 20.4. The van der Waals surface area contributed by atoms with Crippen LogP contribution in [-0.2, 0) is 17.6 Å². The van der Waals surface area contributed by atoms with Crippen LogP contribution in [0, 0.1) is 0 Å². The van der Waals surface area contributed by atoms with Crippen molar-refractivity contribution in [2.75, 3.05) is 38.6 Å². The van der Waals surface area contributed by atoms with E-state index in [1.807, 2.05) is 6.20 Å². The van der Waals surface area contributed by atoms with Crippen LogP contribution in [0.25, 0.3) is 0 Å². The summed E-state index contributed by atoms with van der Waals surface area (Å²) in [5, 5.41) is 0. The number of aromatic nitrogens is 2. The molecule has 6 nitrogen and oxygen atoms in total. The fourth-order valence-electron chi connectivity index (χ4n) is 3.94. The van der Waals surface area contributed by atoms with Crippen LogP contribution < -0.4 is 9.46 Å². The first-order valence-corrected chi connectivity index (χ1v) is 11.2. The van der Waals surface area contributed by atoms with E-state index in [4.69, 9.17) is 14.5 Å². The van der Waals surface area contributed by atoms with E-state index in [0.717, 1.165) is 61.7 Å². The Balaban J connectivity index is 1.39. The lowest BCUT2D eigenvalue weighted by molar-refractivity contribution is -0.00403. The second-order valence-corrected chi connectivity index (χ2v) is 8.70. The van der Waals surface area contributed by atoms with Gasteiger partial charge in [-0.25, -0.2) is 4.98 Å². The Kier molecular flexibility index (Phi) is 6.57. The van der Waals surface area contributed by atoms with Crippen molar-refractivity contribution in [1.29, 1.82) is 0 Å². The van der Waals surface area contributed by atoms with Gasteiger partial charge in [0.1, 0.15) is 5.69 Å². The summed E-state index contributed by atoms with van der Waals surface area (Å²) in [6.07, 6.45) is 6.50. The van der Waals surface area contributed by atoms with Gasteiger partial charge in [0.15, 0.2) is 0 Å². The van der Waals surface area contributed by atoms with Gasteiger partial charge in [-0.2, -0.15) is 0 Å². The minimum absolute atomic E-state index is 0.412. The van der Waals surface area contributed by atoms with Gasteiger partial charge in [0, 0.05) is 54.5 Å². The van der Waals surface area contributed by atoms with E-state index in [9.17, 15) is 0 Å². The van der Waals surface area contributed by atoms with Gasteiger partial charge in [-0.1, -0.05) is 0 Å². The van der Waals surface area contributed by atoms with Crippen molar-refractivity contribution < 1.29 is 9.47 Å². The molecule has 1 fully saturated rings. The van der Waals surface area contributed by atoms with Gasteiger partial charge < -0.3 is 19.1 Å². The van der Waals surface area contributed by atoms with E-state index >= 15 is 0 Å². The third-order valence-corrected chi connectivity index (χ3v) is 6.60. The van der Waals surface area contributed by atoms with E-state index in [1.54, 1.807) is 19.1 Å². The Morgan fingerprint density at radius 3 is 2.79 bits per heavy atom. The molecule has 0 unspecified atom stereocenters. The van der Waals surface area contributed by atoms with Crippen LogP contribution in [0.2, 0.25) is 0 Å². The molecule has 0 aromatic carbocycles. The molecule has 0 amide bonds. The maximum atomic E-state index is 5.65. The minimum atomic E-state index is 0.412. The molecular weight excluding hydrogens is 384 g/mol. The average molecular weight is 415 g/mol. The molecule has 2 aromatic heterocycles. The van der Waals surface area contributed by atoms with Crippen molar-refractivity contribution >= 4 is 17.6 Å². The first-order chi connectivity index (χ1) is 14.2. The molecule has 29 heavy (non-hydrogen) atoms. The number of hydrogen-bond donors (Lipinski definition) is 1. The van der Waals surface area contributed by atoms with Gasteiger partial charge in [0.05, 0.1) is 13.2 Å². The molecule has 1 aliphatic carbocycles. The third-order valence-electron chi connectivity index (χ3n) is 5.80. The summed E-state index contributed by atoms with van der Waals surface area (Å²) in [4.78, 5) is 12.9. The van der Waals surface area contributed by atoms with Gasteiger partial charge in [0.2, 0.25) is 5.88 Å². The van der Waals surface area contributed by atoms with Gasteiger partial charge in [0.25, 0.3) is 0 Å². The summed E-state index contributed by atoms with van der Waals surface area (Å²) in [5.74, 6) is 1.19. The molecule has 4 rings (SSSR count). The molecule has 0 saturated heterocycles. The van der Waals surface area contributed by atoms with Crippen LogP contribution in [0.5, 0.6) is 5.88 Å². The summed E-state index contributed by atoms with van der Waals surface area (Å²) < 4.78 is 14.6. The van der Waals surface area contributed by atoms with Crippen LogP contribution >= 0.6 is 11.9 Å². The summed E-state index contributed by atoms with van der Waals surface area (Å²) in [6.45, 7) is 4.95. The van der Waals surface area contributed by atoms with E-state index < -0.39 is 0 Å². The molecule has 7 heteroatoms. The second-order valence-electron chi connectivity index (χ2n) is 7.82. The van der Waals surface area contributed by atoms with Crippen molar-refractivity contribution in [3.05, 3.63) is 41.3 Å². The Morgan fingerprint density at radius 2 is 2.07 bits per heavy atom. The maximum Gasteiger partial charge on any atom is 0.238 e. The number of nitrogens with one attached hydrogen (secondary N) is 1. The smallest absolute Gasteiger partial charge is 0.238 e. The maximum absolute atomic E-state index is 5.65. The molecule has 0 bridgehead atoms. The molecule has 2 aliphatic rings. The quantitative estimate of drug-likeness (QED) is 0.689. The monoisotopic (exact) mass is 414 g/mol. The number of rotatable bonds is 7. The molecular formula is C22H30N4O2S. The Hall–Kier alpha value is -1.83. The number of anilines is 1. The molecule has 1 N–H and O–H groups in total. The molecule has 1 aliphatic heterocycles. The van der Waals surface area contributed by atoms with E-state index in [-0.39, 0.29) is 0 Å². The second kappa shape index (κ2) is 9.32. The van der Waals surface area contributed by atoms with Crippen LogP contribution in [0.4, 0.5) is 5.69 Å². The summed E-state index contributed by atoms with van der Waals surface area (Å²) in [7, 11) is 3.84.